The topological polar surface area (TPSA) is 53.6 Å². The van der Waals surface area contributed by atoms with E-state index in [2.05, 4.69) is 21.6 Å². The Hall–Kier alpha value is -1.59. The fraction of sp³-hybridized carbons (Fsp3) is 0.562. The molecule has 5 nitrogen and oxygen atoms in total. The van der Waals surface area contributed by atoms with Crippen molar-refractivity contribution in [1.82, 2.24) is 5.32 Å². The van der Waals surface area contributed by atoms with Crippen LogP contribution in [0.4, 0.5) is 11.4 Å². The Morgan fingerprint density at radius 2 is 2.05 bits per heavy atom. The van der Waals surface area contributed by atoms with Crippen molar-refractivity contribution in [3.8, 4) is 0 Å². The van der Waals surface area contributed by atoms with Crippen LogP contribution in [-0.4, -0.2) is 44.8 Å². The molecule has 21 heavy (non-hydrogen) atoms. The second kappa shape index (κ2) is 6.91. The number of piperidine rings is 1. The van der Waals surface area contributed by atoms with Crippen molar-refractivity contribution in [1.29, 1.82) is 0 Å². The molecule has 114 valence electrons. The van der Waals surface area contributed by atoms with Crippen molar-refractivity contribution in [3.63, 3.8) is 0 Å². The molecule has 3 rings (SSSR count). The number of carbonyl (C=O) groups excluding carboxylic acids is 1. The van der Waals surface area contributed by atoms with E-state index in [9.17, 15) is 4.79 Å². The molecule has 2 fully saturated rings. The number of morpholine rings is 1. The van der Waals surface area contributed by atoms with E-state index >= 15 is 0 Å². The summed E-state index contributed by atoms with van der Waals surface area (Å²) in [7, 11) is 0. The summed E-state index contributed by atoms with van der Waals surface area (Å²) < 4.78 is 5.40. The zero-order valence-corrected chi connectivity index (χ0v) is 12.3. The molecule has 1 atom stereocenters. The molecule has 1 aromatic rings. The smallest absolute Gasteiger partial charge is 0.241 e. The van der Waals surface area contributed by atoms with Crippen molar-refractivity contribution >= 4 is 17.3 Å². The molecule has 2 N–H and O–H groups in total. The lowest BCUT2D eigenvalue weighted by Gasteiger charge is -2.31. The van der Waals surface area contributed by atoms with Gasteiger partial charge < -0.3 is 20.3 Å². The van der Waals surface area contributed by atoms with E-state index in [0.717, 1.165) is 63.5 Å². The number of benzene rings is 1. The summed E-state index contributed by atoms with van der Waals surface area (Å²) in [4.78, 5) is 14.7. The van der Waals surface area contributed by atoms with Crippen LogP contribution in [0.25, 0.3) is 0 Å². The number of ether oxygens (including phenoxy) is 1. The van der Waals surface area contributed by atoms with Crippen molar-refractivity contribution in [3.05, 3.63) is 24.3 Å². The van der Waals surface area contributed by atoms with Gasteiger partial charge in [0.1, 0.15) is 0 Å². The van der Waals surface area contributed by atoms with Crippen LogP contribution in [0.5, 0.6) is 0 Å². The SMILES string of the molecule is O=C(Nc1ccccc1N1CCOCC1)[C@@H]1CCCCN1. The third kappa shape index (κ3) is 3.54. The largest absolute Gasteiger partial charge is 0.378 e. The Morgan fingerprint density at radius 1 is 1.24 bits per heavy atom. The van der Waals surface area contributed by atoms with E-state index < -0.39 is 0 Å². The lowest BCUT2D eigenvalue weighted by molar-refractivity contribution is -0.118. The molecule has 0 aromatic heterocycles. The molecule has 5 heteroatoms. The van der Waals surface area contributed by atoms with E-state index in [1.165, 1.54) is 0 Å². The standard InChI is InChI=1S/C16H23N3O2/c20-16(14-6-3-4-8-17-14)18-13-5-1-2-7-15(13)19-9-11-21-12-10-19/h1-2,5,7,14,17H,3-4,6,8-12H2,(H,18,20)/t14-/m0/s1. The molecular formula is C16H23N3O2. The first-order valence-corrected chi connectivity index (χ1v) is 7.80. The van der Waals surface area contributed by atoms with Crippen molar-refractivity contribution < 1.29 is 9.53 Å². The van der Waals surface area contributed by atoms with Crippen LogP contribution in [0.3, 0.4) is 0 Å². The summed E-state index contributed by atoms with van der Waals surface area (Å²) >= 11 is 0. The third-order valence-electron chi connectivity index (χ3n) is 4.14. The zero-order valence-electron chi connectivity index (χ0n) is 12.3. The number of carbonyl (C=O) groups is 1. The van der Waals surface area contributed by atoms with Gasteiger partial charge in [-0.25, -0.2) is 0 Å². The van der Waals surface area contributed by atoms with E-state index in [1.54, 1.807) is 0 Å². The summed E-state index contributed by atoms with van der Waals surface area (Å²) in [6.07, 6.45) is 3.20. The normalized spacial score (nSPS) is 22.9. The molecule has 0 radical (unpaired) electrons. The fourth-order valence-electron chi connectivity index (χ4n) is 2.95. The predicted octanol–water partition coefficient (Wildman–Crippen LogP) is 1.60. The summed E-state index contributed by atoms with van der Waals surface area (Å²) in [6.45, 7) is 4.16. The molecule has 2 heterocycles. The lowest BCUT2D eigenvalue weighted by atomic mass is 10.0. The second-order valence-corrected chi connectivity index (χ2v) is 5.61. The molecule has 1 aromatic carbocycles. The fourth-order valence-corrected chi connectivity index (χ4v) is 2.95. The van der Waals surface area contributed by atoms with Crippen molar-refractivity contribution in [2.45, 2.75) is 25.3 Å². The average Bonchev–Trinajstić information content (AvgIpc) is 2.57. The Bertz CT molecular complexity index is 480. The average molecular weight is 289 g/mol. The van der Waals surface area contributed by atoms with Gasteiger partial charge in [-0.3, -0.25) is 4.79 Å². The van der Waals surface area contributed by atoms with Gasteiger partial charge in [-0.1, -0.05) is 18.6 Å². The van der Waals surface area contributed by atoms with Gasteiger partial charge in [0.25, 0.3) is 0 Å². The van der Waals surface area contributed by atoms with Crippen LogP contribution in [0.15, 0.2) is 24.3 Å². The van der Waals surface area contributed by atoms with E-state index in [4.69, 9.17) is 4.74 Å². The minimum absolute atomic E-state index is 0.0588. The van der Waals surface area contributed by atoms with Crippen LogP contribution in [0.2, 0.25) is 0 Å². The van der Waals surface area contributed by atoms with Gasteiger partial charge in [-0.15, -0.1) is 0 Å². The maximum Gasteiger partial charge on any atom is 0.241 e. The zero-order chi connectivity index (χ0) is 14.5. The first-order chi connectivity index (χ1) is 10.3. The first kappa shape index (κ1) is 14.4. The highest BCUT2D eigenvalue weighted by molar-refractivity contribution is 5.97. The number of anilines is 2. The summed E-state index contributed by atoms with van der Waals surface area (Å²) in [5.74, 6) is 0.0791. The number of rotatable bonds is 3. The molecule has 0 bridgehead atoms. The highest BCUT2D eigenvalue weighted by Gasteiger charge is 2.22. The molecule has 0 saturated carbocycles. The number of nitrogens with one attached hydrogen (secondary N) is 2. The van der Waals surface area contributed by atoms with Gasteiger partial charge in [0, 0.05) is 13.1 Å². The maximum absolute atomic E-state index is 12.4. The number of nitrogens with zero attached hydrogens (tertiary/aromatic N) is 1. The van der Waals surface area contributed by atoms with Crippen LogP contribution in [0, 0.1) is 0 Å². The van der Waals surface area contributed by atoms with Crippen LogP contribution in [0.1, 0.15) is 19.3 Å². The highest BCUT2D eigenvalue weighted by Crippen LogP contribution is 2.26. The van der Waals surface area contributed by atoms with E-state index in [-0.39, 0.29) is 11.9 Å². The maximum atomic E-state index is 12.4. The van der Waals surface area contributed by atoms with Gasteiger partial charge in [-0.2, -0.15) is 0 Å². The predicted molar refractivity (Wildman–Crippen MR) is 83.7 cm³/mol. The van der Waals surface area contributed by atoms with Crippen LogP contribution < -0.4 is 15.5 Å². The van der Waals surface area contributed by atoms with Gasteiger partial charge in [0.2, 0.25) is 5.91 Å². The third-order valence-corrected chi connectivity index (χ3v) is 4.14. The van der Waals surface area contributed by atoms with Crippen LogP contribution in [-0.2, 0) is 9.53 Å². The Balaban J connectivity index is 1.70. The van der Waals surface area contributed by atoms with E-state index in [0.29, 0.717) is 0 Å². The van der Waals surface area contributed by atoms with Gasteiger partial charge in [0.05, 0.1) is 30.6 Å². The first-order valence-electron chi connectivity index (χ1n) is 7.80. The molecular weight excluding hydrogens is 266 g/mol. The molecule has 2 aliphatic rings. The Kier molecular flexibility index (Phi) is 4.72. The minimum Gasteiger partial charge on any atom is -0.378 e. The Morgan fingerprint density at radius 3 is 2.81 bits per heavy atom. The number of para-hydroxylation sites is 2. The summed E-state index contributed by atoms with van der Waals surface area (Å²) in [5.41, 5.74) is 1.99. The number of amides is 1. The van der Waals surface area contributed by atoms with Gasteiger partial charge >= 0.3 is 0 Å². The molecule has 2 saturated heterocycles. The van der Waals surface area contributed by atoms with Gasteiger partial charge in [-0.05, 0) is 31.5 Å². The van der Waals surface area contributed by atoms with Crippen LogP contribution >= 0.6 is 0 Å². The number of hydrogen-bond acceptors (Lipinski definition) is 4. The number of hydrogen-bond donors (Lipinski definition) is 2. The van der Waals surface area contributed by atoms with Gasteiger partial charge in [0.15, 0.2) is 0 Å². The Labute approximate surface area is 125 Å². The van der Waals surface area contributed by atoms with Crippen molar-refractivity contribution in [2.24, 2.45) is 0 Å². The highest BCUT2D eigenvalue weighted by atomic mass is 16.5. The quantitative estimate of drug-likeness (QED) is 0.887. The second-order valence-electron chi connectivity index (χ2n) is 5.61. The van der Waals surface area contributed by atoms with Crippen molar-refractivity contribution in [2.75, 3.05) is 43.1 Å². The summed E-state index contributed by atoms with van der Waals surface area (Å²) in [6, 6.07) is 7.96. The summed E-state index contributed by atoms with van der Waals surface area (Å²) in [5, 5.41) is 6.39. The molecule has 0 unspecified atom stereocenters. The molecule has 0 aliphatic carbocycles. The minimum atomic E-state index is -0.0588. The molecule has 2 aliphatic heterocycles. The van der Waals surface area contributed by atoms with E-state index in [1.807, 2.05) is 18.2 Å². The lowest BCUT2D eigenvalue weighted by Crippen LogP contribution is -2.44. The molecule has 0 spiro atoms. The monoisotopic (exact) mass is 289 g/mol. The molecule has 1 amide bonds.